The monoisotopic (exact) mass is 979 g/mol. The van der Waals surface area contributed by atoms with Crippen molar-refractivity contribution in [3.05, 3.63) is 106 Å². The number of aromatic nitrogens is 3. The van der Waals surface area contributed by atoms with E-state index in [4.69, 9.17) is 4.74 Å². The molecule has 0 unspecified atom stereocenters. The molecule has 3 aliphatic carbocycles. The molecule has 0 bridgehead atoms. The Kier molecular flexibility index (Phi) is 12.5. The Morgan fingerprint density at radius 1 is 0.899 bits per heavy atom. The molecule has 10 rings (SSSR count). The number of anilines is 2. The van der Waals surface area contributed by atoms with Crippen LogP contribution in [0, 0.1) is 26.9 Å². The van der Waals surface area contributed by atoms with E-state index in [0.29, 0.717) is 55.5 Å². The first kappa shape index (κ1) is 47.1. The zero-order valence-electron chi connectivity index (χ0n) is 39.4. The van der Waals surface area contributed by atoms with Crippen molar-refractivity contribution in [3.8, 4) is 11.5 Å². The van der Waals surface area contributed by atoms with Gasteiger partial charge in [-0.25, -0.2) is 31.5 Å². The summed E-state index contributed by atoms with van der Waals surface area (Å²) >= 11 is 0. The average Bonchev–Trinajstić information content (AvgIpc) is 4.06. The van der Waals surface area contributed by atoms with E-state index in [1.807, 2.05) is 6.07 Å². The first-order valence-corrected chi connectivity index (χ1v) is 27.5. The summed E-state index contributed by atoms with van der Waals surface area (Å²) in [4.78, 5) is 41.5. The molecular weight excluding hydrogens is 919 g/mol. The number of sulfonamides is 2. The lowest BCUT2D eigenvalue weighted by Gasteiger charge is -2.58. The van der Waals surface area contributed by atoms with Gasteiger partial charge in [0.1, 0.15) is 22.0 Å². The van der Waals surface area contributed by atoms with Crippen LogP contribution in [0.4, 0.5) is 17.2 Å². The molecule has 3 saturated carbocycles. The molecule has 0 radical (unpaired) electrons. The smallest absolute Gasteiger partial charge is 0.312 e. The van der Waals surface area contributed by atoms with Crippen molar-refractivity contribution in [3.63, 3.8) is 0 Å². The molecule has 69 heavy (non-hydrogen) atoms. The number of pyridine rings is 2. The molecular formula is C50H61N9O8S2. The van der Waals surface area contributed by atoms with Gasteiger partial charge in [-0.3, -0.25) is 19.8 Å². The molecule has 3 aromatic heterocycles. The Morgan fingerprint density at radius 2 is 1.64 bits per heavy atom. The first-order valence-electron chi connectivity index (χ1n) is 24.2. The summed E-state index contributed by atoms with van der Waals surface area (Å²) < 4.78 is 63.2. The van der Waals surface area contributed by atoms with Crippen molar-refractivity contribution in [2.24, 2.45) is 16.7 Å². The number of hydrogen-bond donors (Lipinski definition) is 3. The van der Waals surface area contributed by atoms with Gasteiger partial charge < -0.3 is 19.9 Å². The number of benzene rings is 2. The van der Waals surface area contributed by atoms with Crippen LogP contribution in [0.5, 0.6) is 11.5 Å². The maximum absolute atomic E-state index is 14.0. The van der Waals surface area contributed by atoms with E-state index in [1.54, 1.807) is 28.7 Å². The molecule has 366 valence electrons. The minimum absolute atomic E-state index is 0.00650. The molecule has 5 heterocycles. The Balaban J connectivity index is 0.840. The number of fused-ring (bicyclic) bond motifs is 1. The third-order valence-corrected chi connectivity index (χ3v) is 18.2. The number of carbonyl (C=O) groups excluding carboxylic acids is 1. The zero-order chi connectivity index (χ0) is 48.3. The second-order valence-electron chi connectivity index (χ2n) is 20.9. The van der Waals surface area contributed by atoms with Gasteiger partial charge in [0.05, 0.1) is 29.1 Å². The van der Waals surface area contributed by atoms with Crippen LogP contribution in [-0.2, 0) is 20.0 Å². The van der Waals surface area contributed by atoms with Gasteiger partial charge in [0.25, 0.3) is 15.9 Å². The minimum Gasteiger partial charge on any atom is -0.455 e. The molecule has 2 saturated heterocycles. The number of aromatic amines is 1. The highest BCUT2D eigenvalue weighted by molar-refractivity contribution is 7.90. The van der Waals surface area contributed by atoms with Gasteiger partial charge in [0.2, 0.25) is 15.8 Å². The zero-order valence-corrected chi connectivity index (χ0v) is 41.0. The molecule has 1 atom stereocenters. The van der Waals surface area contributed by atoms with E-state index in [0.717, 1.165) is 87.8 Å². The number of nitrogens with zero attached hydrogens (tertiary/aromatic N) is 6. The fourth-order valence-corrected chi connectivity index (χ4v) is 13.0. The molecule has 1 amide bonds. The van der Waals surface area contributed by atoms with E-state index in [1.165, 1.54) is 42.5 Å². The Morgan fingerprint density at radius 3 is 2.35 bits per heavy atom. The van der Waals surface area contributed by atoms with Gasteiger partial charge in [-0.15, -0.1) is 0 Å². The third kappa shape index (κ3) is 10.1. The summed E-state index contributed by atoms with van der Waals surface area (Å²) in [6.45, 7) is 8.11. The lowest BCUT2D eigenvalue weighted by atomic mass is 9.59. The van der Waals surface area contributed by atoms with Crippen LogP contribution in [0.25, 0.3) is 11.0 Å². The van der Waals surface area contributed by atoms with Gasteiger partial charge in [0.15, 0.2) is 0 Å². The molecule has 5 aliphatic rings. The number of rotatable bonds is 14. The summed E-state index contributed by atoms with van der Waals surface area (Å²) in [6.07, 6.45) is 16.0. The van der Waals surface area contributed by atoms with Crippen molar-refractivity contribution >= 4 is 54.2 Å². The van der Waals surface area contributed by atoms with Crippen LogP contribution in [-0.4, -0.2) is 103 Å². The van der Waals surface area contributed by atoms with Crippen LogP contribution in [0.15, 0.2) is 84.1 Å². The van der Waals surface area contributed by atoms with Crippen LogP contribution < -0.4 is 19.7 Å². The highest BCUT2D eigenvalue weighted by atomic mass is 32.2. The van der Waals surface area contributed by atoms with Gasteiger partial charge in [-0.05, 0) is 122 Å². The summed E-state index contributed by atoms with van der Waals surface area (Å²) in [5.41, 5.74) is 3.93. The fourth-order valence-electron chi connectivity index (χ4n) is 11.3. The number of ether oxygens (including phenoxy) is 1. The Labute approximate surface area is 403 Å². The summed E-state index contributed by atoms with van der Waals surface area (Å²) in [7, 11) is -7.97. The van der Waals surface area contributed by atoms with Gasteiger partial charge in [-0.1, -0.05) is 38.1 Å². The quantitative estimate of drug-likeness (QED) is 0.0706. The van der Waals surface area contributed by atoms with Crippen molar-refractivity contribution in [2.45, 2.75) is 101 Å². The molecule has 2 aromatic carbocycles. The van der Waals surface area contributed by atoms with Crippen LogP contribution in [0.2, 0.25) is 0 Å². The molecule has 17 nitrogen and oxygen atoms in total. The van der Waals surface area contributed by atoms with Gasteiger partial charge in [-0.2, -0.15) is 4.31 Å². The Bertz CT molecular complexity index is 2990. The number of H-pyrrole nitrogens is 1. The standard InChI is InChI=1S/C50H61N9O8S2/c1-49(2)15-12-33(13-16-49)29-52-47-43(59(61)62)26-39(31-54-47)69(65,66)55-48(60)42-11-10-36(25-45(42)67-38-24-35-14-19-51-46(35)53-30-38)56-20-17-50(18-21-56)27-37(28-50)58-23-22-57(68(3,63)64)32-44(58)41-7-5-4-6-40(41)34-8-9-34/h4-7,10-11,14,19,24-26,30-31,33-34,37,44H,8-9,12-13,15-18,20-23,27-29,32H2,1-3H3,(H,51,53)(H,52,54)(H,55,60)/t44-/m1/s1. The van der Waals surface area contributed by atoms with E-state index < -0.39 is 41.5 Å². The number of nitrogens with one attached hydrogen (secondary N) is 3. The number of piperazine rings is 1. The van der Waals surface area contributed by atoms with Crippen molar-refractivity contribution < 1.29 is 31.3 Å². The van der Waals surface area contributed by atoms with Crippen LogP contribution >= 0.6 is 0 Å². The number of amides is 1. The first-order chi connectivity index (χ1) is 32.9. The number of piperidine rings is 1. The predicted octanol–water partition coefficient (Wildman–Crippen LogP) is 8.35. The third-order valence-electron chi connectivity index (χ3n) is 15.6. The van der Waals surface area contributed by atoms with Crippen LogP contribution in [0.3, 0.4) is 0 Å². The second kappa shape index (κ2) is 18.3. The molecule has 3 N–H and O–H groups in total. The molecule has 2 aliphatic heterocycles. The fraction of sp³-hybridized carbons (Fsp3) is 0.500. The topological polar surface area (TPSA) is 213 Å². The van der Waals surface area contributed by atoms with E-state index in [-0.39, 0.29) is 34.0 Å². The predicted molar refractivity (Wildman–Crippen MR) is 264 cm³/mol. The minimum atomic E-state index is -4.63. The van der Waals surface area contributed by atoms with Crippen molar-refractivity contribution in [2.75, 3.05) is 55.7 Å². The summed E-state index contributed by atoms with van der Waals surface area (Å²) in [6, 6.07) is 18.6. The van der Waals surface area contributed by atoms with Crippen molar-refractivity contribution in [1.82, 2.24) is 28.9 Å². The number of carbonyl (C=O) groups is 1. The van der Waals surface area contributed by atoms with Gasteiger partial charge >= 0.3 is 5.69 Å². The molecule has 5 aromatic rings. The molecule has 19 heteroatoms. The highest BCUT2D eigenvalue weighted by Gasteiger charge is 2.51. The lowest BCUT2D eigenvalue weighted by molar-refractivity contribution is -0.384. The number of hydrogen-bond acceptors (Lipinski definition) is 13. The van der Waals surface area contributed by atoms with Gasteiger partial charge in [0, 0.05) is 80.8 Å². The van der Waals surface area contributed by atoms with Crippen molar-refractivity contribution in [1.29, 1.82) is 0 Å². The SMILES string of the molecule is CC1(C)CCC(CNc2ncc(S(=O)(=O)NC(=O)c3ccc(N4CCC5(CC4)CC(N4CCN(S(C)(=O)=O)C[C@@H]4c4ccccc4C4CC4)C5)cc3Oc3cnc4[nH]ccc4c3)cc2[N+](=O)[O-])CC1. The summed E-state index contributed by atoms with van der Waals surface area (Å²) in [5, 5.41) is 16.0. The largest absolute Gasteiger partial charge is 0.455 e. The highest BCUT2D eigenvalue weighted by Crippen LogP contribution is 2.54. The second-order valence-corrected chi connectivity index (χ2v) is 24.6. The number of nitro groups is 1. The van der Waals surface area contributed by atoms with E-state index >= 15 is 0 Å². The molecule has 1 spiro atoms. The Hall–Kier alpha value is -5.63. The average molecular weight is 980 g/mol. The maximum Gasteiger partial charge on any atom is 0.312 e. The molecule has 5 fully saturated rings. The van der Waals surface area contributed by atoms with E-state index in [9.17, 15) is 31.7 Å². The van der Waals surface area contributed by atoms with Crippen LogP contribution in [0.1, 0.15) is 112 Å². The summed E-state index contributed by atoms with van der Waals surface area (Å²) in [5.74, 6) is 0.302. The maximum atomic E-state index is 14.0. The lowest BCUT2D eigenvalue weighted by Crippen LogP contribution is -2.60. The normalized spacial score (nSPS) is 21.5. The van der Waals surface area contributed by atoms with E-state index in [2.05, 4.69) is 72.9 Å².